The van der Waals surface area contributed by atoms with Crippen molar-refractivity contribution >= 4 is 40.3 Å². The van der Waals surface area contributed by atoms with Gasteiger partial charge in [0.2, 0.25) is 0 Å². The summed E-state index contributed by atoms with van der Waals surface area (Å²) in [4.78, 5) is 0. The molecule has 0 saturated carbocycles. The molecule has 0 saturated heterocycles. The lowest BCUT2D eigenvalue weighted by Gasteiger charge is -2.02. The van der Waals surface area contributed by atoms with Crippen molar-refractivity contribution in [2.75, 3.05) is 5.43 Å². The van der Waals surface area contributed by atoms with Crippen LogP contribution >= 0.6 is 11.6 Å². The van der Waals surface area contributed by atoms with Gasteiger partial charge in [0.1, 0.15) is 0 Å². The van der Waals surface area contributed by atoms with Crippen molar-refractivity contribution in [1.29, 1.82) is 0 Å². The molecular weight excluding hydrogens is 284 g/mol. The van der Waals surface area contributed by atoms with Crippen LogP contribution in [0.2, 0.25) is 5.02 Å². The quantitative estimate of drug-likeness (QED) is 0.506. The zero-order valence-corrected chi connectivity index (χ0v) is 12.3. The van der Waals surface area contributed by atoms with Crippen LogP contribution in [0.1, 0.15) is 16.8 Å². The number of benzene rings is 2. The number of hydrogen-bond acceptors (Lipinski definition) is 3. The van der Waals surface area contributed by atoms with Gasteiger partial charge < -0.3 is 5.43 Å². The molecule has 21 heavy (non-hydrogen) atoms. The van der Waals surface area contributed by atoms with Crippen LogP contribution in [0.3, 0.4) is 0 Å². The van der Waals surface area contributed by atoms with Gasteiger partial charge in [0.15, 0.2) is 0 Å². The molecule has 5 heteroatoms. The van der Waals surface area contributed by atoms with Crippen LogP contribution in [0.15, 0.2) is 36.4 Å². The minimum Gasteiger partial charge on any atom is -0.323 e. The first kappa shape index (κ1) is 13.7. The van der Waals surface area contributed by atoms with E-state index in [4.69, 9.17) is 17.4 Å². The number of nitrogens with two attached hydrogens (primary N) is 1. The van der Waals surface area contributed by atoms with E-state index >= 15 is 0 Å². The number of nitrogens with one attached hydrogen (secondary N) is 2. The molecule has 0 amide bonds. The summed E-state index contributed by atoms with van der Waals surface area (Å²) in [5.41, 5.74) is 7.35. The summed E-state index contributed by atoms with van der Waals surface area (Å²) < 4.78 is 0. The summed E-state index contributed by atoms with van der Waals surface area (Å²) in [6.07, 6.45) is 4.01. The molecule has 0 spiro atoms. The maximum absolute atomic E-state index is 6.09. The average molecular weight is 299 g/mol. The van der Waals surface area contributed by atoms with Gasteiger partial charge in [0, 0.05) is 5.39 Å². The molecule has 1 heterocycles. The Labute approximate surface area is 127 Å². The van der Waals surface area contributed by atoms with Gasteiger partial charge in [-0.25, -0.2) is 0 Å². The second-order valence-electron chi connectivity index (χ2n) is 4.88. The predicted molar refractivity (Wildman–Crippen MR) is 89.0 cm³/mol. The van der Waals surface area contributed by atoms with Crippen LogP contribution in [-0.2, 0) is 0 Å². The van der Waals surface area contributed by atoms with Crippen LogP contribution in [0.5, 0.6) is 0 Å². The summed E-state index contributed by atoms with van der Waals surface area (Å²) in [6.45, 7) is 2.07. The summed E-state index contributed by atoms with van der Waals surface area (Å²) in [7, 11) is 0. The molecule has 0 bridgehead atoms. The molecule has 4 nitrogen and oxygen atoms in total. The van der Waals surface area contributed by atoms with Gasteiger partial charge in [0.25, 0.3) is 0 Å². The largest absolute Gasteiger partial charge is 0.323 e. The first-order chi connectivity index (χ1) is 10.2. The molecule has 0 atom stereocenters. The minimum atomic E-state index is 0.558. The molecular formula is C16H15ClN4. The smallest absolute Gasteiger partial charge is 0.0928 e. The van der Waals surface area contributed by atoms with Gasteiger partial charge in [0.05, 0.1) is 21.9 Å². The van der Waals surface area contributed by atoms with Crippen molar-refractivity contribution in [1.82, 2.24) is 10.2 Å². The van der Waals surface area contributed by atoms with E-state index in [0.717, 1.165) is 22.2 Å². The molecule has 0 aliphatic carbocycles. The van der Waals surface area contributed by atoms with Crippen molar-refractivity contribution in [3.05, 3.63) is 58.2 Å². The normalized spacial score (nSPS) is 11.4. The van der Waals surface area contributed by atoms with E-state index in [1.165, 1.54) is 5.56 Å². The number of H-pyrrole nitrogens is 1. The minimum absolute atomic E-state index is 0.558. The first-order valence-corrected chi connectivity index (χ1v) is 6.94. The zero-order chi connectivity index (χ0) is 14.8. The third-order valence-electron chi connectivity index (χ3n) is 3.31. The highest BCUT2D eigenvalue weighted by molar-refractivity contribution is 6.34. The summed E-state index contributed by atoms with van der Waals surface area (Å²) in [6, 6.07) is 12.0. The monoisotopic (exact) mass is 298 g/mol. The van der Waals surface area contributed by atoms with Gasteiger partial charge in [-0.15, -0.1) is 0 Å². The zero-order valence-electron chi connectivity index (χ0n) is 11.5. The fraction of sp³-hybridized carbons (Fsp3) is 0.0625. The lowest BCUT2D eigenvalue weighted by atomic mass is 10.1. The Morgan fingerprint density at radius 2 is 2.10 bits per heavy atom. The Hall–Kier alpha value is -2.30. The van der Waals surface area contributed by atoms with E-state index in [1.807, 2.05) is 30.4 Å². The van der Waals surface area contributed by atoms with E-state index in [2.05, 4.69) is 40.7 Å². The Kier molecular flexibility index (Phi) is 3.64. The van der Waals surface area contributed by atoms with E-state index in [-0.39, 0.29) is 0 Å². The molecule has 3 aromatic rings. The fourth-order valence-electron chi connectivity index (χ4n) is 2.24. The van der Waals surface area contributed by atoms with Crippen LogP contribution < -0.4 is 11.3 Å². The SMILES string of the molecule is Cc1cccc(/C=C/c2n[nH]c3cc(Cl)c(NN)cc23)c1. The number of fused-ring (bicyclic) bond motifs is 1. The molecule has 0 unspecified atom stereocenters. The lowest BCUT2D eigenvalue weighted by molar-refractivity contribution is 1.11. The molecule has 1 aromatic heterocycles. The highest BCUT2D eigenvalue weighted by Crippen LogP contribution is 2.28. The van der Waals surface area contributed by atoms with Crippen LogP contribution in [0.4, 0.5) is 5.69 Å². The molecule has 0 aliphatic rings. The van der Waals surface area contributed by atoms with Crippen molar-refractivity contribution in [2.45, 2.75) is 6.92 Å². The van der Waals surface area contributed by atoms with Crippen molar-refractivity contribution < 1.29 is 0 Å². The Morgan fingerprint density at radius 1 is 1.24 bits per heavy atom. The number of hydrogen-bond donors (Lipinski definition) is 3. The van der Waals surface area contributed by atoms with Crippen molar-refractivity contribution in [2.24, 2.45) is 5.84 Å². The first-order valence-electron chi connectivity index (χ1n) is 6.56. The number of anilines is 1. The van der Waals surface area contributed by atoms with E-state index in [9.17, 15) is 0 Å². The van der Waals surface area contributed by atoms with E-state index in [0.29, 0.717) is 10.7 Å². The number of hydrazine groups is 1. The molecule has 106 valence electrons. The topological polar surface area (TPSA) is 66.7 Å². The number of aryl methyl sites for hydroxylation is 1. The summed E-state index contributed by atoms with van der Waals surface area (Å²) in [5.74, 6) is 5.46. The maximum atomic E-state index is 6.09. The number of aromatic amines is 1. The summed E-state index contributed by atoms with van der Waals surface area (Å²) in [5, 5.41) is 8.81. The maximum Gasteiger partial charge on any atom is 0.0928 e. The van der Waals surface area contributed by atoms with Gasteiger partial charge in [-0.2, -0.15) is 5.10 Å². The van der Waals surface area contributed by atoms with Gasteiger partial charge in [-0.3, -0.25) is 10.9 Å². The molecule has 0 radical (unpaired) electrons. The van der Waals surface area contributed by atoms with Crippen LogP contribution in [0, 0.1) is 6.92 Å². The van der Waals surface area contributed by atoms with Gasteiger partial charge >= 0.3 is 0 Å². The Morgan fingerprint density at radius 3 is 2.86 bits per heavy atom. The van der Waals surface area contributed by atoms with Crippen LogP contribution in [-0.4, -0.2) is 10.2 Å². The number of aromatic nitrogens is 2. The second-order valence-corrected chi connectivity index (χ2v) is 5.29. The number of nitrogen functional groups attached to an aromatic ring is 1. The molecule has 4 N–H and O–H groups in total. The average Bonchev–Trinajstić information content (AvgIpc) is 2.86. The van der Waals surface area contributed by atoms with E-state index < -0.39 is 0 Å². The number of halogens is 1. The van der Waals surface area contributed by atoms with Gasteiger partial charge in [-0.1, -0.05) is 47.5 Å². The second kappa shape index (κ2) is 5.60. The lowest BCUT2D eigenvalue weighted by Crippen LogP contribution is -2.06. The highest BCUT2D eigenvalue weighted by atomic mass is 35.5. The van der Waals surface area contributed by atoms with Gasteiger partial charge in [-0.05, 0) is 30.7 Å². The van der Waals surface area contributed by atoms with Crippen molar-refractivity contribution in [3.63, 3.8) is 0 Å². The standard InChI is InChI=1S/C16H15ClN4/c1-10-3-2-4-11(7-10)5-6-14-12-8-16(19-18)13(17)9-15(12)21-20-14/h2-9,19H,18H2,1H3,(H,20,21)/b6-5+. The molecule has 3 rings (SSSR count). The van der Waals surface area contributed by atoms with Crippen molar-refractivity contribution in [3.8, 4) is 0 Å². The Bertz CT molecular complexity index is 820. The van der Waals surface area contributed by atoms with Crippen LogP contribution in [0.25, 0.3) is 23.1 Å². The number of nitrogens with zero attached hydrogens (tertiary/aromatic N) is 1. The highest BCUT2D eigenvalue weighted by Gasteiger charge is 2.07. The molecule has 0 aliphatic heterocycles. The summed E-state index contributed by atoms with van der Waals surface area (Å²) >= 11 is 6.09. The third-order valence-corrected chi connectivity index (χ3v) is 3.62. The Balaban J connectivity index is 2.01. The predicted octanol–water partition coefficient (Wildman–Crippen LogP) is 3.98. The molecule has 2 aromatic carbocycles. The number of rotatable bonds is 3. The molecule has 0 fully saturated rings. The van der Waals surface area contributed by atoms with E-state index in [1.54, 1.807) is 0 Å². The fourth-order valence-corrected chi connectivity index (χ4v) is 2.46. The third kappa shape index (κ3) is 2.77.